The van der Waals surface area contributed by atoms with Gasteiger partial charge in [-0.15, -0.1) is 0 Å². The van der Waals surface area contributed by atoms with E-state index in [1.807, 2.05) is 19.9 Å². The van der Waals surface area contributed by atoms with Gasteiger partial charge in [0.2, 0.25) is 0 Å². The number of carbonyl (C=O) groups excluding carboxylic acids is 1. The van der Waals surface area contributed by atoms with Gasteiger partial charge in [0, 0.05) is 22.2 Å². The fraction of sp³-hybridized carbons (Fsp3) is 0.286. The van der Waals surface area contributed by atoms with Crippen LogP contribution in [0.1, 0.15) is 40.2 Å². The van der Waals surface area contributed by atoms with Crippen LogP contribution in [0.3, 0.4) is 0 Å². The first-order valence-corrected chi connectivity index (χ1v) is 9.30. The molecule has 0 spiro atoms. The van der Waals surface area contributed by atoms with E-state index in [1.165, 1.54) is 6.07 Å². The van der Waals surface area contributed by atoms with Crippen LogP contribution in [0.5, 0.6) is 0 Å². The summed E-state index contributed by atoms with van der Waals surface area (Å²) < 4.78 is 14.2. The Morgan fingerprint density at radius 3 is 2.52 bits per heavy atom. The van der Waals surface area contributed by atoms with Crippen molar-refractivity contribution in [2.45, 2.75) is 39.3 Å². The molecule has 0 radical (unpaired) electrons. The van der Waals surface area contributed by atoms with Crippen molar-refractivity contribution in [3.8, 4) is 0 Å². The number of fused-ring (bicyclic) bond motifs is 1. The summed E-state index contributed by atoms with van der Waals surface area (Å²) in [6.45, 7) is 3.96. The average molecular weight is 384 g/mol. The molecule has 27 heavy (non-hydrogen) atoms. The van der Waals surface area contributed by atoms with Crippen LogP contribution >= 0.6 is 11.6 Å². The SMILES string of the molecule is Cc1nc2ccc(C(=O)N(Cc3c(F)cccc3Cl)C3CC3)cc2nc1C. The summed E-state index contributed by atoms with van der Waals surface area (Å²) >= 11 is 6.16. The molecule has 4 rings (SSSR count). The van der Waals surface area contributed by atoms with E-state index >= 15 is 0 Å². The van der Waals surface area contributed by atoms with E-state index < -0.39 is 5.82 Å². The van der Waals surface area contributed by atoms with E-state index in [9.17, 15) is 9.18 Å². The molecule has 1 aliphatic rings. The first-order valence-electron chi connectivity index (χ1n) is 8.93. The fourth-order valence-corrected chi connectivity index (χ4v) is 3.36. The summed E-state index contributed by atoms with van der Waals surface area (Å²) in [4.78, 5) is 23.9. The third-order valence-electron chi connectivity index (χ3n) is 4.96. The molecule has 1 aromatic heterocycles. The quantitative estimate of drug-likeness (QED) is 0.647. The lowest BCUT2D eigenvalue weighted by atomic mass is 10.1. The topological polar surface area (TPSA) is 46.1 Å². The van der Waals surface area contributed by atoms with Crippen molar-refractivity contribution in [1.82, 2.24) is 14.9 Å². The van der Waals surface area contributed by atoms with E-state index in [0.29, 0.717) is 21.7 Å². The highest BCUT2D eigenvalue weighted by Crippen LogP contribution is 2.32. The third kappa shape index (κ3) is 3.52. The Kier molecular flexibility index (Phi) is 4.56. The highest BCUT2D eigenvalue weighted by molar-refractivity contribution is 6.31. The Morgan fingerprint density at radius 2 is 1.85 bits per heavy atom. The summed E-state index contributed by atoms with van der Waals surface area (Å²) in [5, 5.41) is 0.337. The van der Waals surface area contributed by atoms with Crippen LogP contribution in [0.15, 0.2) is 36.4 Å². The van der Waals surface area contributed by atoms with Gasteiger partial charge in [0.25, 0.3) is 5.91 Å². The number of hydrogen-bond acceptors (Lipinski definition) is 3. The fourth-order valence-electron chi connectivity index (χ4n) is 3.14. The molecule has 0 unspecified atom stereocenters. The zero-order valence-corrected chi connectivity index (χ0v) is 15.9. The van der Waals surface area contributed by atoms with Crippen molar-refractivity contribution in [2.24, 2.45) is 0 Å². The van der Waals surface area contributed by atoms with E-state index in [-0.39, 0.29) is 18.5 Å². The summed E-state index contributed by atoms with van der Waals surface area (Å²) in [5.74, 6) is -0.532. The number of rotatable bonds is 4. The lowest BCUT2D eigenvalue weighted by Gasteiger charge is -2.23. The predicted molar refractivity (Wildman–Crippen MR) is 103 cm³/mol. The van der Waals surface area contributed by atoms with Crippen LogP contribution in [0.2, 0.25) is 5.02 Å². The van der Waals surface area contributed by atoms with Gasteiger partial charge in [0.05, 0.1) is 29.0 Å². The first-order chi connectivity index (χ1) is 12.9. The van der Waals surface area contributed by atoms with Crippen LogP contribution in [0.25, 0.3) is 11.0 Å². The second-order valence-corrected chi connectivity index (χ2v) is 7.37. The van der Waals surface area contributed by atoms with Gasteiger partial charge in [-0.2, -0.15) is 0 Å². The molecule has 1 heterocycles. The molecule has 138 valence electrons. The number of halogens is 2. The minimum Gasteiger partial charge on any atom is -0.331 e. The van der Waals surface area contributed by atoms with E-state index in [2.05, 4.69) is 9.97 Å². The molecule has 0 N–H and O–H groups in total. The van der Waals surface area contributed by atoms with Crippen molar-refractivity contribution < 1.29 is 9.18 Å². The Morgan fingerprint density at radius 1 is 1.15 bits per heavy atom. The van der Waals surface area contributed by atoms with Crippen molar-refractivity contribution in [2.75, 3.05) is 0 Å². The highest BCUT2D eigenvalue weighted by atomic mass is 35.5. The Balaban J connectivity index is 1.68. The lowest BCUT2D eigenvalue weighted by Crippen LogP contribution is -2.33. The van der Waals surface area contributed by atoms with E-state index in [4.69, 9.17) is 11.6 Å². The maximum absolute atomic E-state index is 14.2. The molecule has 1 aliphatic carbocycles. The summed E-state index contributed by atoms with van der Waals surface area (Å²) in [7, 11) is 0. The van der Waals surface area contributed by atoms with Crippen molar-refractivity contribution in [3.63, 3.8) is 0 Å². The number of aromatic nitrogens is 2. The molecule has 0 atom stereocenters. The summed E-state index contributed by atoms with van der Waals surface area (Å²) in [5.41, 5.74) is 4.03. The van der Waals surface area contributed by atoms with Gasteiger partial charge >= 0.3 is 0 Å². The molecule has 1 saturated carbocycles. The highest BCUT2D eigenvalue weighted by Gasteiger charge is 2.34. The van der Waals surface area contributed by atoms with Gasteiger partial charge in [0.1, 0.15) is 5.82 Å². The van der Waals surface area contributed by atoms with Gasteiger partial charge in [-0.3, -0.25) is 4.79 Å². The largest absolute Gasteiger partial charge is 0.331 e. The van der Waals surface area contributed by atoms with Crippen LogP contribution in [0.4, 0.5) is 4.39 Å². The second-order valence-electron chi connectivity index (χ2n) is 6.96. The van der Waals surface area contributed by atoms with Crippen LogP contribution < -0.4 is 0 Å². The molecule has 3 aromatic rings. The Hall–Kier alpha value is -2.53. The first kappa shape index (κ1) is 17.9. The maximum Gasteiger partial charge on any atom is 0.254 e. The van der Waals surface area contributed by atoms with Crippen LogP contribution in [0, 0.1) is 19.7 Å². The molecular formula is C21H19ClFN3O. The number of hydrogen-bond donors (Lipinski definition) is 0. The normalized spacial score (nSPS) is 13.8. The average Bonchev–Trinajstić information content (AvgIpc) is 3.47. The minimum atomic E-state index is -0.392. The number of nitrogens with zero attached hydrogens (tertiary/aromatic N) is 3. The Bertz CT molecular complexity index is 1030. The van der Waals surface area contributed by atoms with Gasteiger partial charge < -0.3 is 4.90 Å². The van der Waals surface area contributed by atoms with Gasteiger partial charge in [-0.1, -0.05) is 17.7 Å². The van der Waals surface area contributed by atoms with Crippen molar-refractivity contribution >= 4 is 28.5 Å². The van der Waals surface area contributed by atoms with Gasteiger partial charge in [-0.05, 0) is 57.0 Å². The number of benzene rings is 2. The van der Waals surface area contributed by atoms with Crippen molar-refractivity contribution in [3.05, 3.63) is 69.8 Å². The summed E-state index contributed by atoms with van der Waals surface area (Å²) in [6, 6.07) is 10.0. The molecule has 1 amide bonds. The molecule has 4 nitrogen and oxygen atoms in total. The molecule has 0 bridgehead atoms. The van der Waals surface area contributed by atoms with E-state index in [0.717, 1.165) is 29.7 Å². The van der Waals surface area contributed by atoms with Gasteiger partial charge in [-0.25, -0.2) is 14.4 Å². The smallest absolute Gasteiger partial charge is 0.254 e. The molecule has 0 aliphatic heterocycles. The maximum atomic E-state index is 14.2. The number of carbonyl (C=O) groups is 1. The van der Waals surface area contributed by atoms with Gasteiger partial charge in [0.15, 0.2) is 0 Å². The lowest BCUT2D eigenvalue weighted by molar-refractivity contribution is 0.0728. The van der Waals surface area contributed by atoms with E-state index in [1.54, 1.807) is 29.2 Å². The zero-order chi connectivity index (χ0) is 19.1. The number of amides is 1. The molecular weight excluding hydrogens is 365 g/mol. The zero-order valence-electron chi connectivity index (χ0n) is 15.2. The molecule has 6 heteroatoms. The molecule has 2 aromatic carbocycles. The van der Waals surface area contributed by atoms with Crippen molar-refractivity contribution in [1.29, 1.82) is 0 Å². The Labute approximate surface area is 162 Å². The second kappa shape index (κ2) is 6.89. The minimum absolute atomic E-state index is 0.120. The number of aryl methyl sites for hydroxylation is 2. The summed E-state index contributed by atoms with van der Waals surface area (Å²) in [6.07, 6.45) is 1.84. The monoisotopic (exact) mass is 383 g/mol. The van der Waals surface area contributed by atoms with Crippen LogP contribution in [-0.2, 0) is 6.54 Å². The van der Waals surface area contributed by atoms with Crippen LogP contribution in [-0.4, -0.2) is 26.8 Å². The molecule has 1 fully saturated rings. The standard InChI is InChI=1S/C21H19ClFN3O/c1-12-13(2)25-20-10-14(6-9-19(20)24-12)21(27)26(15-7-8-15)11-16-17(22)4-3-5-18(16)23/h3-6,9-10,15H,7-8,11H2,1-2H3. The third-order valence-corrected chi connectivity index (χ3v) is 5.32. The predicted octanol–water partition coefficient (Wildman–Crippen LogP) is 4.84. The molecule has 0 saturated heterocycles.